The number of halogens is 1. The molecule has 2 aromatic rings. The fourth-order valence-corrected chi connectivity index (χ4v) is 2.68. The minimum absolute atomic E-state index is 0.146. The van der Waals surface area contributed by atoms with Crippen LogP contribution in [-0.4, -0.2) is 33.4 Å². The molecule has 0 aliphatic heterocycles. The molecule has 0 fully saturated rings. The van der Waals surface area contributed by atoms with Crippen LogP contribution in [0, 0.1) is 5.82 Å². The van der Waals surface area contributed by atoms with Gasteiger partial charge in [-0.3, -0.25) is 0 Å². The average molecular weight is 339 g/mol. The molecular weight excluding hydrogens is 321 g/mol. The van der Waals surface area contributed by atoms with Gasteiger partial charge in [0.25, 0.3) is 0 Å². The maximum atomic E-state index is 13.6. The van der Waals surface area contributed by atoms with Crippen molar-refractivity contribution >= 4 is 15.5 Å². The summed E-state index contributed by atoms with van der Waals surface area (Å²) in [5.74, 6) is -0.350. The summed E-state index contributed by atoms with van der Waals surface area (Å²) in [5.41, 5.74) is 1.08. The predicted molar refractivity (Wildman–Crippen MR) is 86.0 cm³/mol. The monoisotopic (exact) mass is 339 g/mol. The number of anilines is 1. The Morgan fingerprint density at radius 3 is 2.39 bits per heavy atom. The van der Waals surface area contributed by atoms with E-state index in [1.807, 2.05) is 0 Å². The molecule has 124 valence electrons. The smallest absolute Gasteiger partial charge is 0.175 e. The largest absolute Gasteiger partial charge is 0.494 e. The zero-order valence-corrected chi connectivity index (χ0v) is 13.6. The van der Waals surface area contributed by atoms with Gasteiger partial charge in [0.15, 0.2) is 21.4 Å². The van der Waals surface area contributed by atoms with E-state index in [2.05, 4.69) is 5.32 Å². The fourth-order valence-electron chi connectivity index (χ4n) is 2.05. The van der Waals surface area contributed by atoms with Crippen LogP contribution in [0.4, 0.5) is 10.1 Å². The highest BCUT2D eigenvalue weighted by atomic mass is 32.2. The molecule has 1 atom stereocenters. The van der Waals surface area contributed by atoms with Crippen LogP contribution >= 0.6 is 0 Å². The van der Waals surface area contributed by atoms with Crippen molar-refractivity contribution in [3.8, 4) is 5.75 Å². The van der Waals surface area contributed by atoms with E-state index in [1.165, 1.54) is 31.4 Å². The topological polar surface area (TPSA) is 75.6 Å². The van der Waals surface area contributed by atoms with Crippen LogP contribution in [0.15, 0.2) is 47.4 Å². The summed E-state index contributed by atoms with van der Waals surface area (Å²) < 4.78 is 41.2. The van der Waals surface area contributed by atoms with Crippen molar-refractivity contribution in [1.29, 1.82) is 0 Å². The highest BCUT2D eigenvalue weighted by Crippen LogP contribution is 2.22. The van der Waals surface area contributed by atoms with Gasteiger partial charge in [-0.1, -0.05) is 12.1 Å². The van der Waals surface area contributed by atoms with Crippen LogP contribution < -0.4 is 10.1 Å². The number of aliphatic hydroxyl groups is 1. The molecular formula is C16H18FNO4S. The van der Waals surface area contributed by atoms with Crippen molar-refractivity contribution in [3.63, 3.8) is 0 Å². The Morgan fingerprint density at radius 2 is 1.87 bits per heavy atom. The van der Waals surface area contributed by atoms with E-state index in [0.717, 1.165) is 6.26 Å². The molecule has 2 N–H and O–H groups in total. The van der Waals surface area contributed by atoms with Crippen LogP contribution in [0.2, 0.25) is 0 Å². The lowest BCUT2D eigenvalue weighted by Crippen LogP contribution is -2.12. The van der Waals surface area contributed by atoms with E-state index < -0.39 is 21.8 Å². The van der Waals surface area contributed by atoms with Crippen molar-refractivity contribution in [2.45, 2.75) is 11.0 Å². The molecule has 0 aliphatic carbocycles. The van der Waals surface area contributed by atoms with Crippen LogP contribution in [0.25, 0.3) is 0 Å². The highest BCUT2D eigenvalue weighted by molar-refractivity contribution is 7.90. The van der Waals surface area contributed by atoms with Gasteiger partial charge in [-0.15, -0.1) is 0 Å². The molecule has 7 heteroatoms. The maximum Gasteiger partial charge on any atom is 0.175 e. The third-order valence-corrected chi connectivity index (χ3v) is 4.47. The normalized spacial score (nSPS) is 12.7. The highest BCUT2D eigenvalue weighted by Gasteiger charge is 2.11. The number of nitrogens with one attached hydrogen (secondary N) is 1. The number of benzene rings is 2. The Hall–Kier alpha value is -2.12. The van der Waals surface area contributed by atoms with Gasteiger partial charge in [0, 0.05) is 24.6 Å². The van der Waals surface area contributed by atoms with E-state index in [4.69, 9.17) is 4.74 Å². The zero-order chi connectivity index (χ0) is 17.0. The van der Waals surface area contributed by atoms with Crippen LogP contribution in [0.3, 0.4) is 0 Å². The first-order valence-corrected chi connectivity index (χ1v) is 8.76. The third-order valence-electron chi connectivity index (χ3n) is 3.34. The minimum Gasteiger partial charge on any atom is -0.494 e. The van der Waals surface area contributed by atoms with Crippen molar-refractivity contribution < 1.29 is 22.7 Å². The molecule has 0 unspecified atom stereocenters. The van der Waals surface area contributed by atoms with Gasteiger partial charge in [-0.2, -0.15) is 0 Å². The van der Waals surface area contributed by atoms with Gasteiger partial charge in [0.2, 0.25) is 0 Å². The Morgan fingerprint density at radius 1 is 1.22 bits per heavy atom. The van der Waals surface area contributed by atoms with E-state index in [9.17, 15) is 17.9 Å². The lowest BCUT2D eigenvalue weighted by Gasteiger charge is -2.14. The Balaban J connectivity index is 2.02. The lowest BCUT2D eigenvalue weighted by molar-refractivity contribution is 0.191. The van der Waals surface area contributed by atoms with Crippen molar-refractivity contribution in [1.82, 2.24) is 0 Å². The fraction of sp³-hybridized carbons (Fsp3) is 0.250. The summed E-state index contributed by atoms with van der Waals surface area (Å²) in [6.07, 6.45) is 0.270. The summed E-state index contributed by atoms with van der Waals surface area (Å²) in [5, 5.41) is 13.0. The second-order valence-electron chi connectivity index (χ2n) is 5.09. The first-order chi connectivity index (χ1) is 10.8. The molecule has 5 nitrogen and oxygen atoms in total. The van der Waals surface area contributed by atoms with Crippen LogP contribution in [0.1, 0.15) is 11.7 Å². The number of ether oxygens (including phenoxy) is 1. The Kier molecular flexibility index (Phi) is 5.23. The summed E-state index contributed by atoms with van der Waals surface area (Å²) in [7, 11) is -1.88. The van der Waals surface area contributed by atoms with E-state index >= 15 is 0 Å². The van der Waals surface area contributed by atoms with Crippen molar-refractivity contribution in [2.24, 2.45) is 0 Å². The summed E-state index contributed by atoms with van der Waals surface area (Å²) in [6.45, 7) is 0.157. The van der Waals surface area contributed by atoms with Gasteiger partial charge in [0.05, 0.1) is 18.1 Å². The number of hydrogen-bond donors (Lipinski definition) is 2. The average Bonchev–Trinajstić information content (AvgIpc) is 2.52. The summed E-state index contributed by atoms with van der Waals surface area (Å²) in [6, 6.07) is 10.4. The lowest BCUT2D eigenvalue weighted by atomic mass is 10.1. The maximum absolute atomic E-state index is 13.6. The van der Waals surface area contributed by atoms with Crippen molar-refractivity contribution in [2.75, 3.05) is 25.2 Å². The number of sulfone groups is 1. The first kappa shape index (κ1) is 17.2. The third kappa shape index (κ3) is 4.43. The summed E-state index contributed by atoms with van der Waals surface area (Å²) in [4.78, 5) is 0.193. The van der Waals surface area contributed by atoms with E-state index in [0.29, 0.717) is 11.3 Å². The molecule has 0 bridgehead atoms. The molecule has 0 aromatic heterocycles. The van der Waals surface area contributed by atoms with E-state index in [-0.39, 0.29) is 17.2 Å². The van der Waals surface area contributed by atoms with Crippen LogP contribution in [0.5, 0.6) is 5.75 Å². The molecule has 0 radical (unpaired) electrons. The van der Waals surface area contributed by atoms with Crippen molar-refractivity contribution in [3.05, 3.63) is 53.8 Å². The SMILES string of the molecule is COc1ccc(NC[C@@H](O)c2ccc(S(C)(=O)=O)cc2)cc1F. The molecule has 0 amide bonds. The number of hydrogen-bond acceptors (Lipinski definition) is 5. The quantitative estimate of drug-likeness (QED) is 0.845. The molecule has 0 saturated carbocycles. The number of rotatable bonds is 6. The molecule has 0 aliphatic rings. The van der Waals surface area contributed by atoms with E-state index in [1.54, 1.807) is 18.2 Å². The second-order valence-corrected chi connectivity index (χ2v) is 7.10. The van der Waals surface area contributed by atoms with Gasteiger partial charge in [0.1, 0.15) is 0 Å². The molecule has 2 aromatic carbocycles. The second kappa shape index (κ2) is 6.97. The molecule has 2 rings (SSSR count). The Labute approximate surface area is 134 Å². The van der Waals surface area contributed by atoms with Gasteiger partial charge < -0.3 is 15.2 Å². The molecule has 0 saturated heterocycles. The molecule has 0 spiro atoms. The van der Waals surface area contributed by atoms with Gasteiger partial charge in [-0.25, -0.2) is 12.8 Å². The number of methoxy groups -OCH3 is 1. The molecule has 0 heterocycles. The van der Waals surface area contributed by atoms with Gasteiger partial charge >= 0.3 is 0 Å². The van der Waals surface area contributed by atoms with Gasteiger partial charge in [-0.05, 0) is 29.8 Å². The first-order valence-electron chi connectivity index (χ1n) is 6.87. The standard InChI is InChI=1S/C16H18FNO4S/c1-22-16-8-5-12(9-14(16)17)18-10-15(19)11-3-6-13(7-4-11)23(2,20)21/h3-9,15,18-19H,10H2,1-2H3/t15-/m1/s1. The van der Waals surface area contributed by atoms with Crippen LogP contribution in [-0.2, 0) is 9.84 Å². The predicted octanol–water partition coefficient (Wildman–Crippen LogP) is 2.38. The molecule has 23 heavy (non-hydrogen) atoms. The summed E-state index contributed by atoms with van der Waals surface area (Å²) >= 11 is 0. The minimum atomic E-state index is -3.26. The zero-order valence-electron chi connectivity index (χ0n) is 12.8. The Bertz CT molecular complexity index is 775. The number of aliphatic hydroxyl groups excluding tert-OH is 1.